The Morgan fingerprint density at radius 1 is 0.737 bits per heavy atom. The molecule has 92 valence electrons. The van der Waals surface area contributed by atoms with Gasteiger partial charge in [0.05, 0.1) is 5.69 Å². The minimum atomic E-state index is 0.744. The average molecular weight is 266 g/mol. The molecule has 0 aliphatic rings. The highest BCUT2D eigenvalue weighted by atomic mass is 35.5. The number of hydrogen-bond donors (Lipinski definition) is 0. The zero-order valence-corrected chi connectivity index (χ0v) is 11.0. The molecule has 0 amide bonds. The van der Waals surface area contributed by atoms with Gasteiger partial charge < -0.3 is 0 Å². The van der Waals surface area contributed by atoms with E-state index in [0.717, 1.165) is 27.4 Å². The number of aromatic nitrogens is 1. The molecule has 0 aliphatic carbocycles. The average Bonchev–Trinajstić information content (AvgIpc) is 2.48. The first-order chi connectivity index (χ1) is 9.34. The lowest BCUT2D eigenvalue weighted by Crippen LogP contribution is -1.87. The Bertz CT molecular complexity index is 692. The highest BCUT2D eigenvalue weighted by molar-refractivity contribution is 6.30. The van der Waals surface area contributed by atoms with E-state index in [2.05, 4.69) is 23.2 Å². The summed E-state index contributed by atoms with van der Waals surface area (Å²) in [6.45, 7) is 0. The van der Waals surface area contributed by atoms with Crippen molar-refractivity contribution in [2.45, 2.75) is 0 Å². The molecule has 0 fully saturated rings. The van der Waals surface area contributed by atoms with Gasteiger partial charge in [-0.2, -0.15) is 0 Å². The standard InChI is InChI=1S/C17H12ClN/c18-14-7-5-6-13(12-14)15-8-1-2-9-16(15)17-10-3-4-11-19-17/h1-12H. The molecular weight excluding hydrogens is 254 g/mol. The fourth-order valence-electron chi connectivity index (χ4n) is 2.14. The Labute approximate surface area is 117 Å². The lowest BCUT2D eigenvalue weighted by molar-refractivity contribution is 1.33. The van der Waals surface area contributed by atoms with Crippen molar-refractivity contribution in [3.63, 3.8) is 0 Å². The zero-order valence-electron chi connectivity index (χ0n) is 10.3. The largest absolute Gasteiger partial charge is 0.256 e. The summed E-state index contributed by atoms with van der Waals surface area (Å²) in [5.41, 5.74) is 4.33. The number of hydrogen-bond acceptors (Lipinski definition) is 1. The Hall–Kier alpha value is -2.12. The first kappa shape index (κ1) is 11.9. The van der Waals surface area contributed by atoms with E-state index in [4.69, 9.17) is 11.6 Å². The molecular formula is C17H12ClN. The molecule has 19 heavy (non-hydrogen) atoms. The lowest BCUT2D eigenvalue weighted by Gasteiger charge is -2.09. The molecule has 3 aromatic rings. The Balaban J connectivity index is 2.18. The van der Waals surface area contributed by atoms with E-state index in [9.17, 15) is 0 Å². The maximum atomic E-state index is 6.08. The Morgan fingerprint density at radius 3 is 2.26 bits per heavy atom. The van der Waals surface area contributed by atoms with E-state index >= 15 is 0 Å². The van der Waals surface area contributed by atoms with Crippen molar-refractivity contribution in [1.82, 2.24) is 4.98 Å². The summed E-state index contributed by atoms with van der Waals surface area (Å²) in [5, 5.41) is 0.744. The van der Waals surface area contributed by atoms with Crippen molar-refractivity contribution in [1.29, 1.82) is 0 Å². The van der Waals surface area contributed by atoms with Crippen molar-refractivity contribution in [3.8, 4) is 22.4 Å². The number of benzene rings is 2. The molecule has 0 spiro atoms. The number of nitrogens with zero attached hydrogens (tertiary/aromatic N) is 1. The van der Waals surface area contributed by atoms with Crippen LogP contribution in [0.2, 0.25) is 5.02 Å². The SMILES string of the molecule is Clc1cccc(-c2ccccc2-c2ccccn2)c1. The van der Waals surface area contributed by atoms with Gasteiger partial charge in [0, 0.05) is 16.8 Å². The van der Waals surface area contributed by atoms with E-state index in [1.54, 1.807) is 0 Å². The molecule has 0 saturated carbocycles. The van der Waals surface area contributed by atoms with Gasteiger partial charge >= 0.3 is 0 Å². The molecule has 3 rings (SSSR count). The quantitative estimate of drug-likeness (QED) is 0.630. The molecule has 1 nitrogen and oxygen atoms in total. The van der Waals surface area contributed by atoms with Crippen LogP contribution in [0.5, 0.6) is 0 Å². The maximum absolute atomic E-state index is 6.08. The fraction of sp³-hybridized carbons (Fsp3) is 0. The molecule has 0 radical (unpaired) electrons. The van der Waals surface area contributed by atoms with E-state index in [-0.39, 0.29) is 0 Å². The van der Waals surface area contributed by atoms with Crippen LogP contribution >= 0.6 is 11.6 Å². The number of halogens is 1. The van der Waals surface area contributed by atoms with Gasteiger partial charge in [-0.05, 0) is 35.4 Å². The third-order valence-electron chi connectivity index (χ3n) is 3.00. The topological polar surface area (TPSA) is 12.9 Å². The Kier molecular flexibility index (Phi) is 3.30. The van der Waals surface area contributed by atoms with Crippen LogP contribution < -0.4 is 0 Å². The summed E-state index contributed by atoms with van der Waals surface area (Å²) in [5.74, 6) is 0. The molecule has 1 aromatic heterocycles. The minimum absolute atomic E-state index is 0.744. The molecule has 0 saturated heterocycles. The first-order valence-corrected chi connectivity index (χ1v) is 6.49. The van der Waals surface area contributed by atoms with Crippen molar-refractivity contribution in [2.75, 3.05) is 0 Å². The Morgan fingerprint density at radius 2 is 1.53 bits per heavy atom. The van der Waals surface area contributed by atoms with Crippen LogP contribution in [-0.4, -0.2) is 4.98 Å². The summed E-state index contributed by atoms with van der Waals surface area (Å²) < 4.78 is 0. The van der Waals surface area contributed by atoms with Gasteiger partial charge in [0.15, 0.2) is 0 Å². The molecule has 0 aliphatic heterocycles. The van der Waals surface area contributed by atoms with Crippen molar-refractivity contribution in [2.24, 2.45) is 0 Å². The van der Waals surface area contributed by atoms with Crippen LogP contribution in [0, 0.1) is 0 Å². The molecule has 0 unspecified atom stereocenters. The van der Waals surface area contributed by atoms with Crippen LogP contribution in [0.15, 0.2) is 72.9 Å². The van der Waals surface area contributed by atoms with Gasteiger partial charge in [0.25, 0.3) is 0 Å². The van der Waals surface area contributed by atoms with E-state index in [1.165, 1.54) is 0 Å². The summed E-state index contributed by atoms with van der Waals surface area (Å²) in [4.78, 5) is 4.42. The molecule has 0 N–H and O–H groups in total. The lowest BCUT2D eigenvalue weighted by atomic mass is 9.97. The normalized spacial score (nSPS) is 10.4. The van der Waals surface area contributed by atoms with Crippen LogP contribution in [0.25, 0.3) is 22.4 Å². The third kappa shape index (κ3) is 2.51. The monoisotopic (exact) mass is 265 g/mol. The van der Waals surface area contributed by atoms with Crippen molar-refractivity contribution < 1.29 is 0 Å². The second-order valence-corrected chi connectivity index (χ2v) is 4.71. The highest BCUT2D eigenvalue weighted by Crippen LogP contribution is 2.31. The predicted molar refractivity (Wildman–Crippen MR) is 80.1 cm³/mol. The van der Waals surface area contributed by atoms with Gasteiger partial charge in [0.2, 0.25) is 0 Å². The zero-order chi connectivity index (χ0) is 13.1. The predicted octanol–water partition coefficient (Wildman–Crippen LogP) is 5.07. The molecule has 2 heteroatoms. The van der Waals surface area contributed by atoms with Crippen LogP contribution in [-0.2, 0) is 0 Å². The van der Waals surface area contributed by atoms with Gasteiger partial charge in [-0.15, -0.1) is 0 Å². The second-order valence-electron chi connectivity index (χ2n) is 4.27. The second kappa shape index (κ2) is 5.25. The van der Waals surface area contributed by atoms with Crippen LogP contribution in [0.1, 0.15) is 0 Å². The van der Waals surface area contributed by atoms with Gasteiger partial charge in [-0.1, -0.05) is 54.1 Å². The van der Waals surface area contributed by atoms with Gasteiger partial charge in [-0.25, -0.2) is 0 Å². The summed E-state index contributed by atoms with van der Waals surface area (Å²) in [7, 11) is 0. The highest BCUT2D eigenvalue weighted by Gasteiger charge is 2.07. The number of rotatable bonds is 2. The van der Waals surface area contributed by atoms with E-state index < -0.39 is 0 Å². The smallest absolute Gasteiger partial charge is 0.0708 e. The number of pyridine rings is 1. The summed E-state index contributed by atoms with van der Waals surface area (Å²) in [6, 6.07) is 22.1. The molecule has 0 bridgehead atoms. The molecule has 1 heterocycles. The van der Waals surface area contributed by atoms with E-state index in [1.807, 2.05) is 54.7 Å². The third-order valence-corrected chi connectivity index (χ3v) is 3.24. The van der Waals surface area contributed by atoms with Crippen molar-refractivity contribution in [3.05, 3.63) is 77.9 Å². The minimum Gasteiger partial charge on any atom is -0.256 e. The van der Waals surface area contributed by atoms with E-state index in [0.29, 0.717) is 0 Å². The molecule has 0 atom stereocenters. The maximum Gasteiger partial charge on any atom is 0.0708 e. The van der Waals surface area contributed by atoms with Crippen LogP contribution in [0.4, 0.5) is 0 Å². The fourth-order valence-corrected chi connectivity index (χ4v) is 2.33. The molecule has 2 aromatic carbocycles. The van der Waals surface area contributed by atoms with Crippen molar-refractivity contribution >= 4 is 11.6 Å². The first-order valence-electron chi connectivity index (χ1n) is 6.11. The van der Waals surface area contributed by atoms with Crippen LogP contribution in [0.3, 0.4) is 0 Å². The van der Waals surface area contributed by atoms with Gasteiger partial charge in [-0.3, -0.25) is 4.98 Å². The summed E-state index contributed by atoms with van der Waals surface area (Å²) >= 11 is 6.08. The van der Waals surface area contributed by atoms with Gasteiger partial charge in [0.1, 0.15) is 0 Å². The summed E-state index contributed by atoms with van der Waals surface area (Å²) in [6.07, 6.45) is 1.81.